The van der Waals surface area contributed by atoms with Gasteiger partial charge in [-0.1, -0.05) is 37.3 Å². The average molecular weight is 386 g/mol. The third kappa shape index (κ3) is 3.48. The first kappa shape index (κ1) is 17.9. The van der Waals surface area contributed by atoms with Gasteiger partial charge >= 0.3 is 0 Å². The maximum Gasteiger partial charge on any atom is 0.268 e. The third-order valence-corrected chi connectivity index (χ3v) is 6.26. The van der Waals surface area contributed by atoms with E-state index in [-0.39, 0.29) is 30.2 Å². The number of ether oxygens (including phenoxy) is 2. The lowest BCUT2D eigenvalue weighted by Gasteiger charge is -2.20. The van der Waals surface area contributed by atoms with Crippen molar-refractivity contribution in [3.05, 3.63) is 11.9 Å². The number of amides is 1. The monoisotopic (exact) mass is 386 g/mol. The number of nitrogens with one attached hydrogen (secondary N) is 1. The van der Waals surface area contributed by atoms with Crippen LogP contribution in [-0.4, -0.2) is 71.0 Å². The number of aliphatic imine (C=N–C) groups is 2. The van der Waals surface area contributed by atoms with E-state index in [1.807, 2.05) is 10.9 Å². The number of aromatic nitrogens is 3. The average Bonchev–Trinajstić information content (AvgIpc) is 3.49. The van der Waals surface area contributed by atoms with Gasteiger partial charge in [0.05, 0.1) is 31.5 Å². The zero-order chi connectivity index (χ0) is 18.9. The zero-order valence-electron chi connectivity index (χ0n) is 15.9. The van der Waals surface area contributed by atoms with Crippen molar-refractivity contribution in [1.29, 1.82) is 0 Å². The molecule has 4 aliphatic rings. The second-order valence-electron chi connectivity index (χ2n) is 8.17. The number of carbonyl (C=O) groups is 1. The van der Waals surface area contributed by atoms with Crippen LogP contribution in [-0.2, 0) is 20.7 Å². The highest BCUT2D eigenvalue weighted by Gasteiger charge is 2.49. The molecule has 0 radical (unpaired) electrons. The predicted octanol–water partition coefficient (Wildman–Crippen LogP) is 0.707. The van der Waals surface area contributed by atoms with Crippen molar-refractivity contribution in [2.45, 2.75) is 62.8 Å². The van der Waals surface area contributed by atoms with Crippen LogP contribution < -0.4 is 5.32 Å². The fraction of sp³-hybridized carbons (Fsp3) is 0.737. The molecule has 1 N–H and O–H groups in total. The summed E-state index contributed by atoms with van der Waals surface area (Å²) >= 11 is 0. The first-order valence-electron chi connectivity index (χ1n) is 10.3. The van der Waals surface area contributed by atoms with E-state index in [4.69, 9.17) is 9.47 Å². The Hall–Kier alpha value is -2.13. The third-order valence-electron chi connectivity index (χ3n) is 6.26. The summed E-state index contributed by atoms with van der Waals surface area (Å²) in [4.78, 5) is 20.2. The Morgan fingerprint density at radius 1 is 1.18 bits per heavy atom. The SMILES string of the molecule is O=C(NC1COC2C1OCC2n1cc(CC2CCCCC2)nn1)C1=NC=NC1. The minimum Gasteiger partial charge on any atom is -0.371 e. The van der Waals surface area contributed by atoms with Gasteiger partial charge in [-0.25, -0.2) is 9.67 Å². The van der Waals surface area contributed by atoms with Gasteiger partial charge in [0.2, 0.25) is 0 Å². The van der Waals surface area contributed by atoms with E-state index in [0.29, 0.717) is 25.5 Å². The molecule has 9 nitrogen and oxygen atoms in total. The minimum absolute atomic E-state index is 0.00772. The highest BCUT2D eigenvalue weighted by Crippen LogP contribution is 2.34. The quantitative estimate of drug-likeness (QED) is 0.803. The van der Waals surface area contributed by atoms with E-state index in [1.165, 1.54) is 38.4 Å². The van der Waals surface area contributed by atoms with Crippen molar-refractivity contribution >= 4 is 18.0 Å². The molecule has 1 saturated carbocycles. The Morgan fingerprint density at radius 2 is 2.04 bits per heavy atom. The molecule has 9 heteroatoms. The van der Waals surface area contributed by atoms with Crippen LogP contribution in [0.15, 0.2) is 16.2 Å². The summed E-state index contributed by atoms with van der Waals surface area (Å²) in [5.41, 5.74) is 1.49. The van der Waals surface area contributed by atoms with E-state index in [0.717, 1.165) is 18.0 Å². The normalized spacial score (nSPS) is 32.5. The fourth-order valence-corrected chi connectivity index (χ4v) is 4.75. The van der Waals surface area contributed by atoms with Crippen molar-refractivity contribution in [3.8, 4) is 0 Å². The first-order valence-corrected chi connectivity index (χ1v) is 10.3. The van der Waals surface area contributed by atoms with Crippen LogP contribution in [0.4, 0.5) is 0 Å². The van der Waals surface area contributed by atoms with Crippen LogP contribution in [0, 0.1) is 5.92 Å². The van der Waals surface area contributed by atoms with Gasteiger partial charge in [-0.05, 0) is 12.3 Å². The molecule has 150 valence electrons. The smallest absolute Gasteiger partial charge is 0.268 e. The molecule has 0 spiro atoms. The van der Waals surface area contributed by atoms with Gasteiger partial charge < -0.3 is 14.8 Å². The van der Waals surface area contributed by atoms with Crippen LogP contribution in [0.3, 0.4) is 0 Å². The minimum atomic E-state index is -0.200. The van der Waals surface area contributed by atoms with Crippen molar-refractivity contribution in [2.75, 3.05) is 19.8 Å². The summed E-state index contributed by atoms with van der Waals surface area (Å²) in [7, 11) is 0. The number of hydrogen-bond acceptors (Lipinski definition) is 7. The van der Waals surface area contributed by atoms with Crippen LogP contribution in [0.1, 0.15) is 43.8 Å². The Balaban J connectivity index is 1.20. The topological polar surface area (TPSA) is 103 Å². The number of rotatable bonds is 5. The summed E-state index contributed by atoms with van der Waals surface area (Å²) in [6, 6.07) is -0.192. The van der Waals surface area contributed by atoms with Crippen molar-refractivity contribution in [2.24, 2.45) is 15.9 Å². The lowest BCUT2D eigenvalue weighted by molar-refractivity contribution is -0.116. The summed E-state index contributed by atoms with van der Waals surface area (Å²) in [5, 5.41) is 11.7. The van der Waals surface area contributed by atoms with Crippen molar-refractivity contribution < 1.29 is 14.3 Å². The van der Waals surface area contributed by atoms with Crippen LogP contribution in [0.5, 0.6) is 0 Å². The second kappa shape index (κ2) is 7.71. The molecular formula is C19H26N6O3. The summed E-state index contributed by atoms with van der Waals surface area (Å²) in [6.07, 6.45) is 10.8. The molecular weight excluding hydrogens is 360 g/mol. The van der Waals surface area contributed by atoms with Crippen LogP contribution >= 0.6 is 0 Å². The maximum absolute atomic E-state index is 12.3. The molecule has 2 saturated heterocycles. The lowest BCUT2D eigenvalue weighted by atomic mass is 9.86. The van der Waals surface area contributed by atoms with Crippen LogP contribution in [0.2, 0.25) is 0 Å². The Bertz CT molecular complexity index is 784. The van der Waals surface area contributed by atoms with Gasteiger partial charge in [0, 0.05) is 6.20 Å². The number of hydrogen-bond donors (Lipinski definition) is 1. The fourth-order valence-electron chi connectivity index (χ4n) is 4.75. The Kier molecular flexibility index (Phi) is 4.94. The summed E-state index contributed by atoms with van der Waals surface area (Å²) in [5.74, 6) is 0.533. The van der Waals surface area contributed by atoms with E-state index in [2.05, 4.69) is 25.6 Å². The Labute approximate surface area is 163 Å². The van der Waals surface area contributed by atoms with E-state index < -0.39 is 0 Å². The molecule has 1 aromatic heterocycles. The standard InChI is InChI=1S/C19H26N6O3/c26-19(14-7-20-11-21-14)22-15-9-27-18-16(10-28-17(15)18)25-8-13(23-24-25)6-12-4-2-1-3-5-12/h8,11-12,15-18H,1-7,9-10H2,(H,22,26). The maximum atomic E-state index is 12.3. The largest absolute Gasteiger partial charge is 0.371 e. The van der Waals surface area contributed by atoms with Gasteiger partial charge in [0.25, 0.3) is 5.91 Å². The van der Waals surface area contributed by atoms with E-state index in [1.54, 1.807) is 0 Å². The summed E-state index contributed by atoms with van der Waals surface area (Å²) < 4.78 is 13.9. The van der Waals surface area contributed by atoms with E-state index in [9.17, 15) is 4.79 Å². The molecule has 1 aliphatic carbocycles. The number of fused-ring (bicyclic) bond motifs is 1. The van der Waals surface area contributed by atoms with Gasteiger partial charge in [-0.2, -0.15) is 0 Å². The van der Waals surface area contributed by atoms with E-state index >= 15 is 0 Å². The van der Waals surface area contributed by atoms with Crippen LogP contribution in [0.25, 0.3) is 0 Å². The van der Waals surface area contributed by atoms with Gasteiger partial charge in [0.15, 0.2) is 0 Å². The molecule has 4 atom stereocenters. The molecule has 4 heterocycles. The molecule has 3 fully saturated rings. The molecule has 4 unspecified atom stereocenters. The Morgan fingerprint density at radius 3 is 2.86 bits per heavy atom. The molecule has 1 amide bonds. The zero-order valence-corrected chi connectivity index (χ0v) is 15.9. The highest BCUT2D eigenvalue weighted by molar-refractivity contribution is 6.41. The summed E-state index contributed by atoms with van der Waals surface area (Å²) in [6.45, 7) is 1.27. The first-order chi connectivity index (χ1) is 13.8. The molecule has 1 aromatic rings. The van der Waals surface area contributed by atoms with Gasteiger partial charge in [0.1, 0.15) is 30.3 Å². The molecule has 0 aromatic carbocycles. The molecule has 5 rings (SSSR count). The van der Waals surface area contributed by atoms with Gasteiger partial charge in [-0.15, -0.1) is 5.10 Å². The highest BCUT2D eigenvalue weighted by atomic mass is 16.6. The molecule has 3 aliphatic heterocycles. The van der Waals surface area contributed by atoms with Gasteiger partial charge in [-0.3, -0.25) is 9.79 Å². The van der Waals surface area contributed by atoms with Crippen molar-refractivity contribution in [3.63, 3.8) is 0 Å². The van der Waals surface area contributed by atoms with Crippen molar-refractivity contribution in [1.82, 2.24) is 20.3 Å². The molecule has 0 bridgehead atoms. The second-order valence-corrected chi connectivity index (χ2v) is 8.17. The number of carbonyl (C=O) groups excluding carboxylic acids is 1. The lowest BCUT2D eigenvalue weighted by Crippen LogP contribution is -2.46. The molecule has 28 heavy (non-hydrogen) atoms. The number of nitrogens with zero attached hydrogens (tertiary/aromatic N) is 5. The predicted molar refractivity (Wildman–Crippen MR) is 102 cm³/mol.